The van der Waals surface area contributed by atoms with Crippen molar-refractivity contribution in [3.63, 3.8) is 0 Å². The largest absolute Gasteiger partial charge is 0.391 e. The maximum atomic E-state index is 9.66. The minimum atomic E-state index is -0.229. The number of aliphatic hydroxyl groups excluding tert-OH is 1. The van der Waals surface area contributed by atoms with Crippen LogP contribution in [-0.2, 0) is 0 Å². The minimum absolute atomic E-state index is 0.229. The predicted octanol–water partition coefficient (Wildman–Crippen LogP) is 0.0347. The quantitative estimate of drug-likeness (QED) is 0.618. The molecule has 72 valence electrons. The van der Waals surface area contributed by atoms with E-state index in [1.165, 1.54) is 0 Å². The number of nitrogens with two attached hydrogens (primary N) is 1. The van der Waals surface area contributed by atoms with Gasteiger partial charge < -0.3 is 10.8 Å². The zero-order chi connectivity index (χ0) is 9.30. The highest BCUT2D eigenvalue weighted by Gasteiger charge is 2.37. The number of nitrogens with zero attached hydrogens (tertiary/aromatic N) is 1. The van der Waals surface area contributed by atoms with E-state index >= 15 is 0 Å². The molecule has 3 N–H and O–H groups in total. The molecule has 3 nitrogen and oxygen atoms in total. The molecule has 0 amide bonds. The minimum Gasteiger partial charge on any atom is -0.391 e. The van der Waals surface area contributed by atoms with E-state index < -0.39 is 0 Å². The van der Waals surface area contributed by atoms with Crippen molar-refractivity contribution in [1.29, 1.82) is 0 Å². The summed E-state index contributed by atoms with van der Waals surface area (Å²) >= 11 is 0. The van der Waals surface area contributed by atoms with E-state index in [4.69, 9.17) is 5.73 Å². The van der Waals surface area contributed by atoms with Crippen molar-refractivity contribution < 1.29 is 5.11 Å². The third kappa shape index (κ3) is 1.63. The lowest BCUT2D eigenvalue weighted by molar-refractivity contribution is 0.140. The molecule has 1 aliphatic rings. The number of rotatable bonds is 2. The van der Waals surface area contributed by atoms with E-state index in [0.717, 1.165) is 6.54 Å². The SMILES string of the molecule is CC(C)N1CC(O)C(CN)C1C. The van der Waals surface area contributed by atoms with Gasteiger partial charge in [-0.25, -0.2) is 0 Å². The maximum Gasteiger partial charge on any atom is 0.0722 e. The van der Waals surface area contributed by atoms with Crippen molar-refractivity contribution in [2.24, 2.45) is 11.7 Å². The molecule has 0 aromatic carbocycles. The van der Waals surface area contributed by atoms with Crippen molar-refractivity contribution in [3.05, 3.63) is 0 Å². The van der Waals surface area contributed by atoms with Gasteiger partial charge in [0.1, 0.15) is 0 Å². The highest BCUT2D eigenvalue weighted by molar-refractivity contribution is 4.92. The topological polar surface area (TPSA) is 49.5 Å². The molecule has 0 aromatic rings. The fraction of sp³-hybridized carbons (Fsp3) is 1.00. The van der Waals surface area contributed by atoms with E-state index in [9.17, 15) is 5.11 Å². The summed E-state index contributed by atoms with van der Waals surface area (Å²) in [6, 6.07) is 0.927. The van der Waals surface area contributed by atoms with E-state index in [2.05, 4.69) is 25.7 Å². The normalized spacial score (nSPS) is 38.0. The third-order valence-corrected chi connectivity index (χ3v) is 2.97. The summed E-state index contributed by atoms with van der Waals surface area (Å²) in [5.74, 6) is 0.257. The van der Waals surface area contributed by atoms with Crippen molar-refractivity contribution in [2.75, 3.05) is 13.1 Å². The van der Waals surface area contributed by atoms with Gasteiger partial charge in [-0.05, 0) is 27.3 Å². The van der Waals surface area contributed by atoms with Crippen molar-refractivity contribution >= 4 is 0 Å². The predicted molar refractivity (Wildman–Crippen MR) is 49.9 cm³/mol. The van der Waals surface area contributed by atoms with Crippen LogP contribution in [0.3, 0.4) is 0 Å². The van der Waals surface area contributed by atoms with Gasteiger partial charge in [0, 0.05) is 24.5 Å². The van der Waals surface area contributed by atoms with Gasteiger partial charge in [0.15, 0.2) is 0 Å². The molecule has 0 radical (unpaired) electrons. The van der Waals surface area contributed by atoms with Gasteiger partial charge in [-0.2, -0.15) is 0 Å². The Morgan fingerprint density at radius 3 is 2.42 bits per heavy atom. The van der Waals surface area contributed by atoms with E-state index in [-0.39, 0.29) is 12.0 Å². The van der Waals surface area contributed by atoms with Crippen LogP contribution in [0.25, 0.3) is 0 Å². The van der Waals surface area contributed by atoms with Crippen LogP contribution in [-0.4, -0.2) is 41.3 Å². The fourth-order valence-corrected chi connectivity index (χ4v) is 2.12. The van der Waals surface area contributed by atoms with Crippen LogP contribution >= 0.6 is 0 Å². The number of hydrogen-bond acceptors (Lipinski definition) is 3. The summed E-state index contributed by atoms with van der Waals surface area (Å²) in [4.78, 5) is 2.31. The van der Waals surface area contributed by atoms with Gasteiger partial charge >= 0.3 is 0 Å². The highest BCUT2D eigenvalue weighted by Crippen LogP contribution is 2.25. The van der Waals surface area contributed by atoms with Crippen LogP contribution in [0.4, 0.5) is 0 Å². The Morgan fingerprint density at radius 1 is 1.58 bits per heavy atom. The second-order valence-corrected chi connectivity index (χ2v) is 4.00. The third-order valence-electron chi connectivity index (χ3n) is 2.97. The van der Waals surface area contributed by atoms with Gasteiger partial charge in [0.05, 0.1) is 6.10 Å². The molecule has 0 aromatic heterocycles. The molecule has 0 saturated carbocycles. The second kappa shape index (κ2) is 3.73. The van der Waals surface area contributed by atoms with Crippen LogP contribution in [0.2, 0.25) is 0 Å². The van der Waals surface area contributed by atoms with Gasteiger partial charge in [-0.3, -0.25) is 4.90 Å². The van der Waals surface area contributed by atoms with Crippen LogP contribution < -0.4 is 5.73 Å². The van der Waals surface area contributed by atoms with Crippen LogP contribution in [0.15, 0.2) is 0 Å². The molecule has 1 aliphatic heterocycles. The summed E-state index contributed by atoms with van der Waals surface area (Å²) in [5.41, 5.74) is 5.59. The zero-order valence-electron chi connectivity index (χ0n) is 8.20. The summed E-state index contributed by atoms with van der Waals surface area (Å²) < 4.78 is 0. The lowest BCUT2D eigenvalue weighted by Crippen LogP contribution is -2.37. The molecule has 1 fully saturated rings. The molecule has 1 saturated heterocycles. The number of β-amino-alcohol motifs (C(OH)–C–C–N with tert-alkyl or cyclic N) is 1. The molecule has 12 heavy (non-hydrogen) atoms. The van der Waals surface area contributed by atoms with Gasteiger partial charge in [0.2, 0.25) is 0 Å². The lowest BCUT2D eigenvalue weighted by Gasteiger charge is -2.27. The Morgan fingerprint density at radius 2 is 2.17 bits per heavy atom. The molecule has 1 rings (SSSR count). The Labute approximate surface area is 74.5 Å². The average Bonchev–Trinajstić information content (AvgIpc) is 2.27. The monoisotopic (exact) mass is 172 g/mol. The average molecular weight is 172 g/mol. The maximum absolute atomic E-state index is 9.66. The van der Waals surface area contributed by atoms with E-state index in [1.807, 2.05) is 0 Å². The Bertz CT molecular complexity index is 149. The second-order valence-electron chi connectivity index (χ2n) is 4.00. The standard InChI is InChI=1S/C9H20N2O/c1-6(2)11-5-9(12)8(4-10)7(11)3/h6-9,12H,4-5,10H2,1-3H3. The first kappa shape index (κ1) is 9.96. The van der Waals surface area contributed by atoms with Crippen molar-refractivity contribution in [3.8, 4) is 0 Å². The number of aliphatic hydroxyl groups is 1. The van der Waals surface area contributed by atoms with E-state index in [0.29, 0.717) is 18.6 Å². The lowest BCUT2D eigenvalue weighted by atomic mass is 10.00. The van der Waals surface area contributed by atoms with Crippen LogP contribution in [0, 0.1) is 5.92 Å². The van der Waals surface area contributed by atoms with E-state index in [1.54, 1.807) is 0 Å². The molecule has 0 bridgehead atoms. The molecule has 3 unspecified atom stereocenters. The Hall–Kier alpha value is -0.120. The van der Waals surface area contributed by atoms with Gasteiger partial charge in [-0.15, -0.1) is 0 Å². The Kier molecular flexibility index (Phi) is 3.09. The van der Waals surface area contributed by atoms with Crippen molar-refractivity contribution in [2.45, 2.75) is 39.0 Å². The smallest absolute Gasteiger partial charge is 0.0722 e. The van der Waals surface area contributed by atoms with Gasteiger partial charge in [0.25, 0.3) is 0 Å². The highest BCUT2D eigenvalue weighted by atomic mass is 16.3. The first-order valence-electron chi connectivity index (χ1n) is 4.71. The summed E-state index contributed by atoms with van der Waals surface area (Å²) in [7, 11) is 0. The number of likely N-dealkylation sites (tertiary alicyclic amines) is 1. The van der Waals surface area contributed by atoms with Crippen LogP contribution in [0.5, 0.6) is 0 Å². The first-order valence-corrected chi connectivity index (χ1v) is 4.71. The summed E-state index contributed by atoms with van der Waals surface area (Å²) in [6.07, 6.45) is -0.229. The molecule has 3 atom stereocenters. The molecule has 0 spiro atoms. The Balaban J connectivity index is 2.62. The zero-order valence-corrected chi connectivity index (χ0v) is 8.20. The fourth-order valence-electron chi connectivity index (χ4n) is 2.12. The molecule has 1 heterocycles. The molecular weight excluding hydrogens is 152 g/mol. The van der Waals surface area contributed by atoms with Gasteiger partial charge in [-0.1, -0.05) is 0 Å². The molecule has 3 heteroatoms. The summed E-state index contributed by atoms with van der Waals surface area (Å²) in [6.45, 7) is 7.82. The molecular formula is C9H20N2O. The molecule has 0 aliphatic carbocycles. The van der Waals surface area contributed by atoms with Crippen molar-refractivity contribution in [1.82, 2.24) is 4.90 Å². The summed E-state index contributed by atoms with van der Waals surface area (Å²) in [5, 5.41) is 9.66. The first-order chi connectivity index (χ1) is 5.57. The van der Waals surface area contributed by atoms with Crippen LogP contribution in [0.1, 0.15) is 20.8 Å². The number of hydrogen-bond donors (Lipinski definition) is 2.